The van der Waals surface area contributed by atoms with Crippen molar-refractivity contribution in [2.24, 2.45) is 50.7 Å². The Hall–Kier alpha value is -1.60. The summed E-state index contributed by atoms with van der Waals surface area (Å²) >= 11 is 0. The number of carboxylic acid groups (broad SMARTS) is 1. The smallest absolute Gasteiger partial charge is 0.315 e. The van der Waals surface area contributed by atoms with E-state index in [9.17, 15) is 45.3 Å². The summed E-state index contributed by atoms with van der Waals surface area (Å²) < 4.78 is 11.4. The van der Waals surface area contributed by atoms with Crippen molar-refractivity contribution in [2.45, 2.75) is 142 Å². The van der Waals surface area contributed by atoms with Gasteiger partial charge < -0.3 is 45.2 Å². The minimum absolute atomic E-state index is 0.126. The summed E-state index contributed by atoms with van der Waals surface area (Å²) in [5, 5.41) is 74.8. The van der Waals surface area contributed by atoms with Gasteiger partial charge in [-0.15, -0.1) is 0 Å². The number of fused-ring (bicyclic) bond motifs is 7. The maximum Gasteiger partial charge on any atom is 0.315 e. The van der Waals surface area contributed by atoms with E-state index in [1.807, 2.05) is 6.92 Å². The van der Waals surface area contributed by atoms with Crippen LogP contribution in [0.1, 0.15) is 99.3 Å². The van der Waals surface area contributed by atoms with Gasteiger partial charge in [-0.1, -0.05) is 39.3 Å². The number of aliphatic hydroxyl groups excluding tert-OH is 5. The summed E-state index contributed by atoms with van der Waals surface area (Å²) in [4.78, 5) is 27.2. The lowest BCUT2D eigenvalue weighted by Crippen LogP contribution is -2.69. The molecule has 0 aromatic carbocycles. The van der Waals surface area contributed by atoms with Crippen molar-refractivity contribution in [1.82, 2.24) is 0 Å². The highest BCUT2D eigenvalue weighted by Crippen LogP contribution is 2.76. The molecule has 0 amide bonds. The number of carboxylic acids is 1. The minimum atomic E-state index is -1.72. The van der Waals surface area contributed by atoms with Crippen LogP contribution in [0.25, 0.3) is 0 Å². The van der Waals surface area contributed by atoms with Crippen LogP contribution in [0.4, 0.5) is 0 Å². The summed E-state index contributed by atoms with van der Waals surface area (Å²) in [7, 11) is 0. The molecule has 1 heterocycles. The lowest BCUT2D eigenvalue weighted by atomic mass is 9.33. The molecule has 47 heavy (non-hydrogen) atoms. The molecule has 5 aliphatic carbocycles. The lowest BCUT2D eigenvalue weighted by molar-refractivity contribution is -0.299. The Labute approximate surface area is 277 Å². The van der Waals surface area contributed by atoms with Crippen molar-refractivity contribution in [3.05, 3.63) is 11.6 Å². The van der Waals surface area contributed by atoms with Crippen molar-refractivity contribution >= 4 is 11.9 Å². The largest absolute Gasteiger partial charge is 0.481 e. The molecular formula is C36H56O11. The van der Waals surface area contributed by atoms with Crippen LogP contribution in [0.2, 0.25) is 0 Å². The molecule has 4 saturated carbocycles. The molecule has 0 aromatic rings. The third-order valence-corrected chi connectivity index (χ3v) is 15.6. The zero-order valence-corrected chi connectivity index (χ0v) is 28.7. The predicted octanol–water partition coefficient (Wildman–Crippen LogP) is 2.53. The van der Waals surface area contributed by atoms with E-state index in [0.717, 1.165) is 18.4 Å². The molecule has 1 aliphatic heterocycles. The molecule has 1 unspecified atom stereocenters. The second-order valence-electron chi connectivity index (χ2n) is 17.3. The molecule has 5 fully saturated rings. The Kier molecular flexibility index (Phi) is 8.40. The summed E-state index contributed by atoms with van der Waals surface area (Å²) in [5.74, 6) is -2.37. The van der Waals surface area contributed by atoms with Crippen LogP contribution in [0, 0.1) is 50.7 Å². The predicted molar refractivity (Wildman–Crippen MR) is 168 cm³/mol. The first-order chi connectivity index (χ1) is 21.8. The van der Waals surface area contributed by atoms with Crippen LogP contribution >= 0.6 is 0 Å². The average molecular weight is 665 g/mol. The molecule has 11 heteroatoms. The molecule has 266 valence electrons. The Morgan fingerprint density at radius 1 is 0.894 bits per heavy atom. The molecule has 0 radical (unpaired) electrons. The van der Waals surface area contributed by atoms with Gasteiger partial charge in [-0.2, -0.15) is 0 Å². The van der Waals surface area contributed by atoms with Crippen LogP contribution < -0.4 is 0 Å². The number of hydrogen-bond acceptors (Lipinski definition) is 10. The van der Waals surface area contributed by atoms with E-state index in [4.69, 9.17) is 9.47 Å². The SMILES string of the molecule is C[C@@H]1CC[C@]2(C(=O)O[C@@H]3O[C@H](CO)[C@@H](O)[C@H](O)[C@H]3O)CC[C@]3(C)C(=CC[C@@H]4[C@@]5(C)CCC(O)[C@@](C)(C(=O)O)[C@@H]5CC[C@]43C)[C@@H]2[C@]1(C)O. The molecule has 0 aromatic heterocycles. The van der Waals surface area contributed by atoms with Crippen molar-refractivity contribution in [3.63, 3.8) is 0 Å². The number of carbonyl (C=O) groups excluding carboxylic acids is 1. The maximum atomic E-state index is 14.5. The quantitative estimate of drug-likeness (QED) is 0.172. The van der Waals surface area contributed by atoms with Gasteiger partial charge in [0.05, 0.1) is 29.1 Å². The zero-order valence-electron chi connectivity index (χ0n) is 28.7. The third-order valence-electron chi connectivity index (χ3n) is 15.6. The molecule has 6 aliphatic rings. The summed E-state index contributed by atoms with van der Waals surface area (Å²) in [6.07, 6.45) is -1.18. The molecular weight excluding hydrogens is 608 g/mol. The molecule has 7 N–H and O–H groups in total. The minimum Gasteiger partial charge on any atom is -0.481 e. The Bertz CT molecular complexity index is 1310. The van der Waals surface area contributed by atoms with E-state index in [2.05, 4.69) is 26.8 Å². The first-order valence-corrected chi connectivity index (χ1v) is 17.6. The Balaban J connectivity index is 1.39. The number of aliphatic hydroxyl groups is 6. The Morgan fingerprint density at radius 2 is 1.57 bits per heavy atom. The molecule has 6 rings (SSSR count). The van der Waals surface area contributed by atoms with Crippen LogP contribution in [-0.2, 0) is 19.1 Å². The Morgan fingerprint density at radius 3 is 2.21 bits per heavy atom. The fourth-order valence-corrected chi connectivity index (χ4v) is 12.2. The second kappa shape index (κ2) is 11.2. The van der Waals surface area contributed by atoms with E-state index in [1.165, 1.54) is 0 Å². The summed E-state index contributed by atoms with van der Waals surface area (Å²) in [5.41, 5.74) is -3.64. The molecule has 0 spiro atoms. The number of esters is 1. The number of carbonyl (C=O) groups is 2. The number of aliphatic carboxylic acids is 1. The highest BCUT2D eigenvalue weighted by atomic mass is 16.7. The van der Waals surface area contributed by atoms with E-state index in [0.29, 0.717) is 44.9 Å². The fourth-order valence-electron chi connectivity index (χ4n) is 12.2. The van der Waals surface area contributed by atoms with E-state index in [-0.39, 0.29) is 28.6 Å². The van der Waals surface area contributed by atoms with Crippen molar-refractivity contribution in [1.29, 1.82) is 0 Å². The van der Waals surface area contributed by atoms with Crippen LogP contribution in [0.3, 0.4) is 0 Å². The van der Waals surface area contributed by atoms with Gasteiger partial charge >= 0.3 is 11.9 Å². The van der Waals surface area contributed by atoms with Crippen LogP contribution in [0.15, 0.2) is 11.6 Å². The highest BCUT2D eigenvalue weighted by Gasteiger charge is 2.72. The van der Waals surface area contributed by atoms with Crippen molar-refractivity contribution in [3.8, 4) is 0 Å². The zero-order chi connectivity index (χ0) is 34.7. The number of rotatable bonds is 4. The highest BCUT2D eigenvalue weighted by molar-refractivity contribution is 5.79. The van der Waals surface area contributed by atoms with Crippen molar-refractivity contribution in [2.75, 3.05) is 6.61 Å². The topological polar surface area (TPSA) is 194 Å². The molecule has 0 bridgehead atoms. The van der Waals surface area contributed by atoms with Gasteiger partial charge in [0.15, 0.2) is 0 Å². The van der Waals surface area contributed by atoms with Gasteiger partial charge in [0.1, 0.15) is 24.4 Å². The number of allylic oxidation sites excluding steroid dienone is 1. The lowest BCUT2D eigenvalue weighted by Gasteiger charge is -2.71. The maximum absolute atomic E-state index is 14.5. The fraction of sp³-hybridized carbons (Fsp3) is 0.889. The average Bonchev–Trinajstić information content (AvgIpc) is 3.01. The van der Waals surface area contributed by atoms with Crippen LogP contribution in [0.5, 0.6) is 0 Å². The summed E-state index contributed by atoms with van der Waals surface area (Å²) in [6, 6.07) is 0. The molecule has 11 nitrogen and oxygen atoms in total. The van der Waals surface area contributed by atoms with Gasteiger partial charge in [-0.25, -0.2) is 0 Å². The standard InChI is InChI=1S/C36H56O11/c1-18-9-14-36(30(44)47-28-26(41)25(40)24(39)20(17-37)46-28)16-15-32(3)19(27(36)35(18,6)45)7-8-21-31(2)12-11-23(38)34(5,29(42)43)22(31)10-13-33(21,32)4/h7,18,20-28,37-41,45H,8-17H2,1-6H3,(H,42,43)/t18-,20-,21-,22-,23?,24-,25+,26-,27-,28+,31-,32-,33-,34+,35-,36+/m1/s1. The van der Waals surface area contributed by atoms with Gasteiger partial charge in [0, 0.05) is 5.92 Å². The first-order valence-electron chi connectivity index (χ1n) is 17.6. The van der Waals surface area contributed by atoms with Gasteiger partial charge in [0.25, 0.3) is 0 Å². The van der Waals surface area contributed by atoms with E-state index >= 15 is 0 Å². The van der Waals surface area contributed by atoms with Gasteiger partial charge in [0.2, 0.25) is 6.29 Å². The van der Waals surface area contributed by atoms with Crippen molar-refractivity contribution < 1.29 is 54.8 Å². The number of hydrogen-bond donors (Lipinski definition) is 7. The molecule has 1 saturated heterocycles. The van der Waals surface area contributed by atoms with E-state index in [1.54, 1.807) is 13.8 Å². The van der Waals surface area contributed by atoms with E-state index < -0.39 is 83.1 Å². The van der Waals surface area contributed by atoms with Gasteiger partial charge in [-0.05, 0) is 106 Å². The second-order valence-corrected chi connectivity index (χ2v) is 17.3. The van der Waals surface area contributed by atoms with Crippen LogP contribution in [-0.4, -0.2) is 96.7 Å². The normalized spacial score (nSPS) is 55.8. The van der Waals surface area contributed by atoms with Gasteiger partial charge in [-0.3, -0.25) is 9.59 Å². The monoisotopic (exact) mass is 664 g/mol. The number of ether oxygens (including phenoxy) is 2. The summed E-state index contributed by atoms with van der Waals surface area (Å²) in [6.45, 7) is 11.7. The first kappa shape index (κ1) is 35.2. The molecule has 16 atom stereocenters. The third kappa shape index (κ3) is 4.49.